The summed E-state index contributed by atoms with van der Waals surface area (Å²) in [5.41, 5.74) is 6.83. The maximum absolute atomic E-state index is 13.0. The van der Waals surface area contributed by atoms with Crippen LogP contribution in [0.25, 0.3) is 0 Å². The summed E-state index contributed by atoms with van der Waals surface area (Å²) >= 11 is 1.35. The lowest BCUT2D eigenvalue weighted by atomic mass is 10.0. The number of nitrogens with one attached hydrogen (secondary N) is 4. The van der Waals surface area contributed by atoms with Gasteiger partial charge in [0, 0.05) is 23.9 Å². The van der Waals surface area contributed by atoms with E-state index in [-0.39, 0.29) is 18.1 Å². The molecule has 7 N–H and O–H groups in total. The highest BCUT2D eigenvalue weighted by Crippen LogP contribution is 2.27. The summed E-state index contributed by atoms with van der Waals surface area (Å²) in [6.07, 6.45) is 2.14. The van der Waals surface area contributed by atoms with Gasteiger partial charge in [0.1, 0.15) is 29.9 Å². The largest absolute Gasteiger partial charge is 0.508 e. The molecule has 2 aromatic rings. The molecule has 1 aromatic carbocycles. The molecule has 2 heterocycles. The molecule has 4 amide bonds. The number of hydrogen-bond acceptors (Lipinski definition) is 8. The molecule has 194 valence electrons. The number of benzene rings is 1. The second-order valence-corrected chi connectivity index (χ2v) is 10.4. The molecule has 1 aromatic heterocycles. The van der Waals surface area contributed by atoms with E-state index in [1.54, 1.807) is 18.3 Å². The first kappa shape index (κ1) is 26.9. The highest BCUT2D eigenvalue weighted by Gasteiger charge is 2.29. The van der Waals surface area contributed by atoms with Crippen molar-refractivity contribution in [1.82, 2.24) is 20.9 Å². The highest BCUT2D eigenvalue weighted by molar-refractivity contribution is 7.15. The quantitative estimate of drug-likeness (QED) is 0.335. The van der Waals surface area contributed by atoms with Crippen LogP contribution in [-0.2, 0) is 32.0 Å². The molecular weight excluding hydrogens is 484 g/mol. The summed E-state index contributed by atoms with van der Waals surface area (Å²) in [6, 6.07) is 1.34. The molecule has 11 nitrogen and oxygen atoms in total. The van der Waals surface area contributed by atoms with Crippen LogP contribution < -0.4 is 27.0 Å². The van der Waals surface area contributed by atoms with Crippen molar-refractivity contribution in [3.63, 3.8) is 0 Å². The maximum atomic E-state index is 13.0. The van der Waals surface area contributed by atoms with Crippen LogP contribution in [0.1, 0.15) is 43.7 Å². The van der Waals surface area contributed by atoms with E-state index in [4.69, 9.17) is 5.73 Å². The zero-order chi connectivity index (χ0) is 26.6. The fourth-order valence-corrected chi connectivity index (χ4v) is 4.62. The van der Waals surface area contributed by atoms with Gasteiger partial charge < -0.3 is 32.1 Å². The number of primary amides is 1. The number of nitrogens with zero attached hydrogens (tertiary/aromatic N) is 1. The van der Waals surface area contributed by atoms with Gasteiger partial charge in [0.05, 0.1) is 0 Å². The summed E-state index contributed by atoms with van der Waals surface area (Å²) in [5, 5.41) is 21.9. The molecule has 4 atom stereocenters. The van der Waals surface area contributed by atoms with Crippen LogP contribution in [0.2, 0.25) is 0 Å². The molecule has 36 heavy (non-hydrogen) atoms. The molecular formula is C24H32N6O5S. The number of phenolic OH excluding ortho intramolecular Hbond substituents is 1. The zero-order valence-electron chi connectivity index (χ0n) is 20.6. The minimum Gasteiger partial charge on any atom is -0.508 e. The van der Waals surface area contributed by atoms with Gasteiger partial charge in [-0.2, -0.15) is 0 Å². The van der Waals surface area contributed by atoms with Crippen LogP contribution in [0.3, 0.4) is 0 Å². The molecule has 1 aliphatic heterocycles. The van der Waals surface area contributed by atoms with E-state index in [9.17, 15) is 24.3 Å². The van der Waals surface area contributed by atoms with Gasteiger partial charge in [-0.25, -0.2) is 4.98 Å². The van der Waals surface area contributed by atoms with Crippen molar-refractivity contribution in [3.8, 4) is 5.75 Å². The number of thiazole rings is 1. The Hall–Kier alpha value is -3.67. The van der Waals surface area contributed by atoms with Gasteiger partial charge in [-0.05, 0) is 37.0 Å². The van der Waals surface area contributed by atoms with Crippen molar-refractivity contribution in [2.75, 3.05) is 5.32 Å². The van der Waals surface area contributed by atoms with Gasteiger partial charge in [0.2, 0.25) is 23.6 Å². The maximum Gasteiger partial charge on any atom is 0.243 e. The predicted molar refractivity (Wildman–Crippen MR) is 135 cm³/mol. The molecule has 0 saturated heterocycles. The van der Waals surface area contributed by atoms with E-state index < -0.39 is 47.8 Å². The molecule has 0 saturated carbocycles. The summed E-state index contributed by atoms with van der Waals surface area (Å²) in [6.45, 7) is 6.73. The van der Waals surface area contributed by atoms with Crippen molar-refractivity contribution in [3.05, 3.63) is 40.4 Å². The Morgan fingerprint density at radius 1 is 1.06 bits per heavy atom. The van der Waals surface area contributed by atoms with Crippen molar-refractivity contribution < 1.29 is 24.3 Å². The molecule has 1 unspecified atom stereocenters. The number of carbonyl (C=O) groups excluding carboxylic acids is 4. The molecule has 0 radical (unpaired) electrons. The number of nitrogens with two attached hydrogens (primary N) is 1. The minimum atomic E-state index is -1.03. The summed E-state index contributed by atoms with van der Waals surface area (Å²) in [4.78, 5) is 55.6. The zero-order valence-corrected chi connectivity index (χ0v) is 21.4. The summed E-state index contributed by atoms with van der Waals surface area (Å²) < 4.78 is 0. The second kappa shape index (κ2) is 11.4. The van der Waals surface area contributed by atoms with Crippen molar-refractivity contribution in [1.29, 1.82) is 0 Å². The number of phenols is 1. The van der Waals surface area contributed by atoms with Gasteiger partial charge in [-0.15, -0.1) is 11.3 Å². The Balaban J connectivity index is 1.97. The van der Waals surface area contributed by atoms with Crippen LogP contribution in [0.15, 0.2) is 24.4 Å². The SMILES string of the molecule is CC(C)[C@@H]1Nc2ncc(s2)Cc2cc(ccc2O)CC(C(N)=O)NC(=O)[C@H](C)NC(=O)[C@H](C)NC1=O. The Labute approximate surface area is 213 Å². The molecule has 3 rings (SSSR count). The lowest BCUT2D eigenvalue weighted by Gasteiger charge is -2.24. The second-order valence-electron chi connectivity index (χ2n) is 9.27. The van der Waals surface area contributed by atoms with E-state index in [2.05, 4.69) is 26.3 Å². The van der Waals surface area contributed by atoms with Gasteiger partial charge in [0.25, 0.3) is 0 Å². The third kappa shape index (κ3) is 6.72. The number of aromatic nitrogens is 1. The first-order chi connectivity index (χ1) is 16.9. The molecule has 0 fully saturated rings. The lowest BCUT2D eigenvalue weighted by Crippen LogP contribution is -2.56. The number of amides is 4. The number of carbonyl (C=O) groups is 4. The van der Waals surface area contributed by atoms with Gasteiger partial charge in [-0.3, -0.25) is 19.2 Å². The van der Waals surface area contributed by atoms with Crippen LogP contribution in [0, 0.1) is 5.92 Å². The van der Waals surface area contributed by atoms with E-state index in [0.717, 1.165) is 4.88 Å². The van der Waals surface area contributed by atoms with Crippen molar-refractivity contribution >= 4 is 40.1 Å². The topological polar surface area (TPSA) is 176 Å². The Bertz CT molecular complexity index is 1150. The van der Waals surface area contributed by atoms with Gasteiger partial charge in [-0.1, -0.05) is 26.0 Å². The standard InChI is InChI=1S/C24H32N6O5S/c1-11(2)19-23(35)28-12(3)21(33)27-13(4)22(34)29-17(20(25)32)8-14-5-6-18(31)15(7-14)9-16-10-26-24(30-19)36-16/h5-7,10-13,17,19,31H,8-9H2,1-4H3,(H2,25,32)(H,26,30)(H,27,33)(H,28,35)(H,29,34)/t12-,13-,17?,19-/m0/s1. The first-order valence-electron chi connectivity index (χ1n) is 11.7. The average molecular weight is 517 g/mol. The van der Waals surface area contributed by atoms with Crippen molar-refractivity contribution in [2.24, 2.45) is 11.7 Å². The van der Waals surface area contributed by atoms with Crippen LogP contribution in [0.5, 0.6) is 5.75 Å². The smallest absolute Gasteiger partial charge is 0.243 e. The van der Waals surface area contributed by atoms with Gasteiger partial charge in [0.15, 0.2) is 5.13 Å². The Kier molecular flexibility index (Phi) is 8.51. The molecule has 12 heteroatoms. The summed E-state index contributed by atoms with van der Waals surface area (Å²) in [5.74, 6) is -2.31. The number of aromatic hydroxyl groups is 1. The number of rotatable bonds is 2. The average Bonchev–Trinajstić information content (AvgIpc) is 3.24. The fourth-order valence-electron chi connectivity index (χ4n) is 3.75. The minimum absolute atomic E-state index is 0.0805. The van der Waals surface area contributed by atoms with Gasteiger partial charge >= 0.3 is 0 Å². The molecule has 0 spiro atoms. The summed E-state index contributed by atoms with van der Waals surface area (Å²) in [7, 11) is 0. The fraction of sp³-hybridized carbons (Fsp3) is 0.458. The van der Waals surface area contributed by atoms with Crippen molar-refractivity contribution in [2.45, 2.75) is 64.7 Å². The molecule has 4 bridgehead atoms. The number of hydrogen-bond donors (Lipinski definition) is 6. The number of anilines is 1. The number of fused-ring (bicyclic) bond motifs is 4. The Morgan fingerprint density at radius 3 is 2.33 bits per heavy atom. The monoisotopic (exact) mass is 516 g/mol. The predicted octanol–water partition coefficient (Wildman–Crippen LogP) is 0.412. The lowest BCUT2D eigenvalue weighted by molar-refractivity contribution is -0.133. The third-order valence-corrected chi connectivity index (χ3v) is 6.82. The van der Waals surface area contributed by atoms with E-state index in [1.165, 1.54) is 31.3 Å². The first-order valence-corrected chi connectivity index (χ1v) is 12.5. The van der Waals surface area contributed by atoms with E-state index in [1.807, 2.05) is 13.8 Å². The molecule has 1 aliphatic rings. The van der Waals surface area contributed by atoms with Crippen LogP contribution >= 0.6 is 11.3 Å². The highest BCUT2D eigenvalue weighted by atomic mass is 32.1. The Morgan fingerprint density at radius 2 is 1.69 bits per heavy atom. The normalized spacial score (nSPS) is 23.9. The van der Waals surface area contributed by atoms with Crippen LogP contribution in [0.4, 0.5) is 5.13 Å². The van der Waals surface area contributed by atoms with E-state index >= 15 is 0 Å². The van der Waals surface area contributed by atoms with E-state index in [0.29, 0.717) is 22.7 Å². The molecule has 0 aliphatic carbocycles. The van der Waals surface area contributed by atoms with Crippen LogP contribution in [-0.4, -0.2) is 57.9 Å². The third-order valence-electron chi connectivity index (χ3n) is 5.89.